The fourth-order valence-electron chi connectivity index (χ4n) is 2.36. The van der Waals surface area contributed by atoms with E-state index < -0.39 is 0 Å². The van der Waals surface area contributed by atoms with E-state index in [-0.39, 0.29) is 0 Å². The van der Waals surface area contributed by atoms with Gasteiger partial charge in [-0.25, -0.2) is 0 Å². The molecule has 0 bridgehead atoms. The third kappa shape index (κ3) is 3.76. The van der Waals surface area contributed by atoms with Crippen molar-refractivity contribution >= 4 is 5.96 Å². The largest absolute Gasteiger partial charge is 0.496 e. The van der Waals surface area contributed by atoms with E-state index in [9.17, 15) is 0 Å². The van der Waals surface area contributed by atoms with Gasteiger partial charge in [-0.2, -0.15) is 0 Å². The van der Waals surface area contributed by atoms with Gasteiger partial charge in [0.1, 0.15) is 5.75 Å². The number of benzene rings is 1. The second-order valence-electron chi connectivity index (χ2n) is 5.01. The number of nitrogens with zero attached hydrogens (tertiary/aromatic N) is 1. The highest BCUT2D eigenvalue weighted by Gasteiger charge is 2.11. The van der Waals surface area contributed by atoms with Crippen LogP contribution in [-0.4, -0.2) is 26.2 Å². The van der Waals surface area contributed by atoms with Gasteiger partial charge in [0.2, 0.25) is 0 Å². The minimum absolute atomic E-state index is 0.471. The molecule has 108 valence electrons. The number of hydrogen-bond acceptors (Lipinski definition) is 2. The monoisotopic (exact) mass is 273 g/mol. The molecule has 1 aliphatic rings. The van der Waals surface area contributed by atoms with Crippen molar-refractivity contribution in [3.05, 3.63) is 41.5 Å². The molecular weight excluding hydrogens is 250 g/mol. The quantitative estimate of drug-likeness (QED) is 0.503. The molecule has 2 N–H and O–H groups in total. The Morgan fingerprint density at radius 2 is 2.10 bits per heavy atom. The zero-order chi connectivity index (χ0) is 14.4. The van der Waals surface area contributed by atoms with Crippen molar-refractivity contribution in [3.63, 3.8) is 0 Å². The van der Waals surface area contributed by atoms with E-state index in [1.807, 2.05) is 6.07 Å². The van der Waals surface area contributed by atoms with E-state index in [0.29, 0.717) is 6.04 Å². The first-order valence-corrected chi connectivity index (χ1v) is 6.98. The average molecular weight is 273 g/mol. The van der Waals surface area contributed by atoms with E-state index in [1.165, 1.54) is 5.56 Å². The van der Waals surface area contributed by atoms with Gasteiger partial charge in [0.05, 0.1) is 7.11 Å². The third-order valence-corrected chi connectivity index (χ3v) is 3.49. The van der Waals surface area contributed by atoms with E-state index in [1.54, 1.807) is 14.2 Å². The molecule has 0 spiro atoms. The van der Waals surface area contributed by atoms with E-state index in [2.05, 4.69) is 46.8 Å². The first kappa shape index (κ1) is 14.4. The molecule has 0 saturated carbocycles. The molecule has 0 aliphatic heterocycles. The number of nitrogens with one attached hydrogen (secondary N) is 2. The Morgan fingerprint density at radius 3 is 2.70 bits per heavy atom. The highest BCUT2D eigenvalue weighted by atomic mass is 16.5. The summed E-state index contributed by atoms with van der Waals surface area (Å²) in [6.45, 7) is 2.81. The number of rotatable bonds is 4. The number of aliphatic imine (C=N–C) groups is 1. The highest BCUT2D eigenvalue weighted by molar-refractivity contribution is 5.80. The molecule has 0 aromatic heterocycles. The molecule has 1 aromatic rings. The maximum atomic E-state index is 5.27. The molecule has 0 unspecified atom stereocenters. The molecule has 4 nitrogen and oxygen atoms in total. The number of aryl methyl sites for hydroxylation is 1. The molecule has 0 amide bonds. The number of guanidine groups is 1. The number of methoxy groups -OCH3 is 1. The van der Waals surface area contributed by atoms with Gasteiger partial charge in [-0.3, -0.25) is 4.99 Å². The van der Waals surface area contributed by atoms with Gasteiger partial charge < -0.3 is 15.4 Å². The first-order chi connectivity index (χ1) is 9.72. The van der Waals surface area contributed by atoms with Crippen molar-refractivity contribution in [2.45, 2.75) is 32.4 Å². The van der Waals surface area contributed by atoms with Crippen molar-refractivity contribution in [3.8, 4) is 5.75 Å². The highest BCUT2D eigenvalue weighted by Crippen LogP contribution is 2.18. The summed E-state index contributed by atoms with van der Waals surface area (Å²) < 4.78 is 5.27. The van der Waals surface area contributed by atoms with Crippen LogP contribution in [0.15, 0.2) is 35.3 Å². The third-order valence-electron chi connectivity index (χ3n) is 3.49. The molecule has 0 atom stereocenters. The Labute approximate surface area is 120 Å². The average Bonchev–Trinajstić information content (AvgIpc) is 2.96. The summed E-state index contributed by atoms with van der Waals surface area (Å²) >= 11 is 0. The maximum Gasteiger partial charge on any atom is 0.191 e. The van der Waals surface area contributed by atoms with Crippen molar-refractivity contribution < 1.29 is 4.74 Å². The molecule has 0 saturated heterocycles. The van der Waals surface area contributed by atoms with Crippen LogP contribution >= 0.6 is 0 Å². The summed E-state index contributed by atoms with van der Waals surface area (Å²) in [7, 11) is 3.50. The SMILES string of the molecule is CN=C(NCc1ccc(OC)c(C)c1)NC1CC=CC1. The van der Waals surface area contributed by atoms with Crippen LogP contribution in [0.5, 0.6) is 5.75 Å². The number of ether oxygens (including phenoxy) is 1. The van der Waals surface area contributed by atoms with Crippen LogP contribution in [-0.2, 0) is 6.54 Å². The van der Waals surface area contributed by atoms with Crippen LogP contribution < -0.4 is 15.4 Å². The Bertz CT molecular complexity index is 500. The molecule has 1 aromatic carbocycles. The van der Waals surface area contributed by atoms with Crippen LogP contribution in [0.3, 0.4) is 0 Å². The van der Waals surface area contributed by atoms with Crippen LogP contribution in [0, 0.1) is 6.92 Å². The maximum absolute atomic E-state index is 5.27. The molecule has 2 rings (SSSR count). The van der Waals surface area contributed by atoms with Crippen molar-refractivity contribution in [1.29, 1.82) is 0 Å². The summed E-state index contributed by atoms with van der Waals surface area (Å²) in [6, 6.07) is 6.68. The van der Waals surface area contributed by atoms with Gasteiger partial charge in [0.15, 0.2) is 5.96 Å². The predicted molar refractivity (Wildman–Crippen MR) is 83.2 cm³/mol. The molecule has 4 heteroatoms. The molecule has 0 fully saturated rings. The van der Waals surface area contributed by atoms with Gasteiger partial charge in [-0.1, -0.05) is 24.3 Å². The lowest BCUT2D eigenvalue weighted by atomic mass is 10.1. The lowest BCUT2D eigenvalue weighted by Crippen LogP contribution is -2.42. The Kier molecular flexibility index (Phi) is 5.04. The van der Waals surface area contributed by atoms with Crippen LogP contribution in [0.4, 0.5) is 0 Å². The van der Waals surface area contributed by atoms with Crippen LogP contribution in [0.25, 0.3) is 0 Å². The lowest BCUT2D eigenvalue weighted by Gasteiger charge is -2.17. The van der Waals surface area contributed by atoms with Gasteiger partial charge >= 0.3 is 0 Å². The van der Waals surface area contributed by atoms with Crippen molar-refractivity contribution in [2.75, 3.05) is 14.2 Å². The molecular formula is C16H23N3O. The van der Waals surface area contributed by atoms with Crippen LogP contribution in [0.2, 0.25) is 0 Å². The fraction of sp³-hybridized carbons (Fsp3) is 0.438. The van der Waals surface area contributed by atoms with Crippen molar-refractivity contribution in [2.24, 2.45) is 4.99 Å². The Hall–Kier alpha value is -1.97. The normalized spacial score (nSPS) is 15.4. The first-order valence-electron chi connectivity index (χ1n) is 6.98. The predicted octanol–water partition coefficient (Wildman–Crippen LogP) is 2.39. The van der Waals surface area contributed by atoms with Gasteiger partial charge in [0, 0.05) is 19.6 Å². The standard InChI is InChI=1S/C16H23N3O/c1-12-10-13(8-9-15(12)20-3)11-18-16(17-2)19-14-6-4-5-7-14/h4-5,8-10,14H,6-7,11H2,1-3H3,(H2,17,18,19). The topological polar surface area (TPSA) is 45.7 Å². The van der Waals surface area contributed by atoms with Gasteiger partial charge in [0.25, 0.3) is 0 Å². The number of hydrogen-bond donors (Lipinski definition) is 2. The smallest absolute Gasteiger partial charge is 0.191 e. The molecule has 0 radical (unpaired) electrons. The van der Waals surface area contributed by atoms with E-state index in [0.717, 1.165) is 36.7 Å². The van der Waals surface area contributed by atoms with Crippen LogP contribution in [0.1, 0.15) is 24.0 Å². The summed E-state index contributed by atoms with van der Waals surface area (Å²) in [4.78, 5) is 4.26. The zero-order valence-corrected chi connectivity index (χ0v) is 12.4. The summed E-state index contributed by atoms with van der Waals surface area (Å²) in [5.74, 6) is 1.78. The van der Waals surface area contributed by atoms with Crippen molar-refractivity contribution in [1.82, 2.24) is 10.6 Å². The summed E-state index contributed by atoms with van der Waals surface area (Å²) in [5, 5.41) is 6.77. The second-order valence-corrected chi connectivity index (χ2v) is 5.01. The Morgan fingerprint density at radius 1 is 1.35 bits per heavy atom. The molecule has 0 heterocycles. The van der Waals surface area contributed by atoms with E-state index >= 15 is 0 Å². The summed E-state index contributed by atoms with van der Waals surface area (Å²) in [5.41, 5.74) is 2.37. The fourth-order valence-corrected chi connectivity index (χ4v) is 2.36. The van der Waals surface area contributed by atoms with Gasteiger partial charge in [-0.05, 0) is 37.0 Å². The Balaban J connectivity index is 1.88. The molecule has 20 heavy (non-hydrogen) atoms. The molecule has 1 aliphatic carbocycles. The van der Waals surface area contributed by atoms with E-state index in [4.69, 9.17) is 4.74 Å². The summed E-state index contributed by atoms with van der Waals surface area (Å²) in [6.07, 6.45) is 6.56. The second kappa shape index (κ2) is 6.98. The minimum atomic E-state index is 0.471. The van der Waals surface area contributed by atoms with Gasteiger partial charge in [-0.15, -0.1) is 0 Å². The zero-order valence-electron chi connectivity index (χ0n) is 12.4. The lowest BCUT2D eigenvalue weighted by molar-refractivity contribution is 0.411. The minimum Gasteiger partial charge on any atom is -0.496 e.